The molecule has 3 aromatic rings. The highest BCUT2D eigenvalue weighted by atomic mass is 35.5. The van der Waals surface area contributed by atoms with Crippen LogP contribution in [0.1, 0.15) is 61.9 Å². The van der Waals surface area contributed by atoms with Gasteiger partial charge in [0.2, 0.25) is 0 Å². The van der Waals surface area contributed by atoms with Crippen molar-refractivity contribution >= 4 is 40.4 Å². The molecule has 204 valence electrons. The molecule has 1 saturated heterocycles. The lowest BCUT2D eigenvalue weighted by molar-refractivity contribution is -0.132. The summed E-state index contributed by atoms with van der Waals surface area (Å²) in [5, 5.41) is 12.2. The number of benzene rings is 3. The summed E-state index contributed by atoms with van der Waals surface area (Å²) in [7, 11) is 1.61. The first kappa shape index (κ1) is 28.2. The number of amides is 1. The molecule has 0 spiro atoms. The number of carbonyl (C=O) groups is 2. The van der Waals surface area contributed by atoms with E-state index in [0.29, 0.717) is 27.6 Å². The van der Waals surface area contributed by atoms with Gasteiger partial charge in [-0.25, -0.2) is 0 Å². The molecule has 7 heteroatoms. The Balaban J connectivity index is 1.96. The average Bonchev–Trinajstić information content (AvgIpc) is 3.19. The van der Waals surface area contributed by atoms with Crippen LogP contribution in [0.15, 0.2) is 66.2 Å². The van der Waals surface area contributed by atoms with Gasteiger partial charge < -0.3 is 14.7 Å². The van der Waals surface area contributed by atoms with E-state index < -0.39 is 17.7 Å². The predicted molar refractivity (Wildman–Crippen MR) is 158 cm³/mol. The molecule has 1 N–H and O–H groups in total. The van der Waals surface area contributed by atoms with E-state index in [0.717, 1.165) is 29.9 Å². The van der Waals surface area contributed by atoms with Gasteiger partial charge in [0, 0.05) is 35.1 Å². The number of anilines is 2. The number of aliphatic hydroxyl groups is 1. The summed E-state index contributed by atoms with van der Waals surface area (Å²) in [6.45, 7) is 11.8. The summed E-state index contributed by atoms with van der Waals surface area (Å²) >= 11 is 6.28. The van der Waals surface area contributed by atoms with E-state index in [9.17, 15) is 14.7 Å². The molecule has 1 aliphatic rings. The van der Waals surface area contributed by atoms with Crippen molar-refractivity contribution in [2.75, 3.05) is 30.0 Å². The molecule has 6 nitrogen and oxygen atoms in total. The van der Waals surface area contributed by atoms with Crippen molar-refractivity contribution in [3.05, 3.63) is 93.5 Å². The largest absolute Gasteiger partial charge is 0.507 e. The summed E-state index contributed by atoms with van der Waals surface area (Å²) in [6.07, 6.45) is 0. The van der Waals surface area contributed by atoms with Crippen LogP contribution >= 0.6 is 11.6 Å². The van der Waals surface area contributed by atoms with Crippen LogP contribution in [0.3, 0.4) is 0 Å². The molecule has 1 heterocycles. The molecule has 1 atom stereocenters. The number of carbonyl (C=O) groups excluding carboxylic acids is 2. The van der Waals surface area contributed by atoms with Crippen molar-refractivity contribution in [3.8, 4) is 5.75 Å². The van der Waals surface area contributed by atoms with Crippen LogP contribution in [-0.4, -0.2) is 37.0 Å². The maximum Gasteiger partial charge on any atom is 0.300 e. The number of hydrogen-bond acceptors (Lipinski definition) is 5. The van der Waals surface area contributed by atoms with E-state index in [1.807, 2.05) is 57.2 Å². The van der Waals surface area contributed by atoms with Gasteiger partial charge in [-0.1, -0.05) is 43.6 Å². The zero-order valence-corrected chi connectivity index (χ0v) is 24.0. The Morgan fingerprint density at radius 3 is 2.28 bits per heavy atom. The standard InChI is InChI=1S/C32H35ClN2O4/c1-7-34(8-2)23-14-12-21(13-15-23)29-28(31(37)32(38)35(29)24-11-9-10-22(33)17-24)30(36)26-18-25(19(3)4)27(39-6)16-20(26)5/h9-19,29,36H,7-8H2,1-6H3/b30-28+. The molecule has 1 unspecified atom stereocenters. The van der Waals surface area contributed by atoms with Gasteiger partial charge in [0.25, 0.3) is 11.7 Å². The number of halogens is 1. The quantitative estimate of drug-likeness (QED) is 0.183. The highest BCUT2D eigenvalue weighted by molar-refractivity contribution is 6.51. The first-order chi connectivity index (χ1) is 18.6. The number of hydrogen-bond donors (Lipinski definition) is 1. The fourth-order valence-corrected chi connectivity index (χ4v) is 5.41. The minimum absolute atomic E-state index is 0.0403. The second-order valence-corrected chi connectivity index (χ2v) is 10.4. The van der Waals surface area contributed by atoms with E-state index in [4.69, 9.17) is 16.3 Å². The number of rotatable bonds is 8. The monoisotopic (exact) mass is 546 g/mol. The van der Waals surface area contributed by atoms with Crippen molar-refractivity contribution in [2.24, 2.45) is 0 Å². The maximum atomic E-state index is 13.6. The number of ketones is 1. The molecule has 0 saturated carbocycles. The van der Waals surface area contributed by atoms with Gasteiger partial charge in [0.1, 0.15) is 11.5 Å². The van der Waals surface area contributed by atoms with Crippen molar-refractivity contribution in [2.45, 2.75) is 46.6 Å². The Bertz CT molecular complexity index is 1420. The SMILES string of the molecule is CCN(CC)c1ccc(C2/C(=C(\O)c3cc(C(C)C)c(OC)cc3C)C(=O)C(=O)N2c2cccc(Cl)c2)cc1. The Morgan fingerprint density at radius 2 is 1.72 bits per heavy atom. The van der Waals surface area contributed by atoms with E-state index >= 15 is 0 Å². The first-order valence-corrected chi connectivity index (χ1v) is 13.6. The number of aryl methyl sites for hydroxylation is 1. The smallest absolute Gasteiger partial charge is 0.300 e. The number of ether oxygens (including phenoxy) is 1. The lowest BCUT2D eigenvalue weighted by atomic mass is 9.91. The fraction of sp³-hybridized carbons (Fsp3) is 0.312. The topological polar surface area (TPSA) is 70.1 Å². The van der Waals surface area contributed by atoms with Crippen LogP contribution < -0.4 is 14.5 Å². The molecule has 0 aliphatic carbocycles. The maximum absolute atomic E-state index is 13.6. The number of aliphatic hydroxyl groups excluding tert-OH is 1. The summed E-state index contributed by atoms with van der Waals surface area (Å²) in [6, 6.07) is 17.5. The van der Waals surface area contributed by atoms with Crippen LogP contribution in [0.2, 0.25) is 5.02 Å². The van der Waals surface area contributed by atoms with Crippen molar-refractivity contribution in [1.29, 1.82) is 0 Å². The second-order valence-electron chi connectivity index (χ2n) is 9.98. The van der Waals surface area contributed by atoms with E-state index in [2.05, 4.69) is 18.7 Å². The summed E-state index contributed by atoms with van der Waals surface area (Å²) < 4.78 is 5.57. The number of nitrogens with zero attached hydrogens (tertiary/aromatic N) is 2. The van der Waals surface area contributed by atoms with Crippen molar-refractivity contribution in [1.82, 2.24) is 0 Å². The molecular weight excluding hydrogens is 512 g/mol. The zero-order valence-electron chi connectivity index (χ0n) is 23.3. The van der Waals surface area contributed by atoms with Crippen LogP contribution in [-0.2, 0) is 9.59 Å². The Labute approximate surface area is 235 Å². The second kappa shape index (κ2) is 11.5. The lowest BCUT2D eigenvalue weighted by Crippen LogP contribution is -2.29. The molecular formula is C32H35ClN2O4. The first-order valence-electron chi connectivity index (χ1n) is 13.2. The minimum Gasteiger partial charge on any atom is -0.507 e. The van der Waals surface area contributed by atoms with Crippen LogP contribution in [0.4, 0.5) is 11.4 Å². The van der Waals surface area contributed by atoms with Gasteiger partial charge in [-0.15, -0.1) is 0 Å². The zero-order chi connectivity index (χ0) is 28.4. The van der Waals surface area contributed by atoms with Crippen LogP contribution in [0.5, 0.6) is 5.75 Å². The molecule has 1 fully saturated rings. The molecule has 39 heavy (non-hydrogen) atoms. The fourth-order valence-electron chi connectivity index (χ4n) is 5.22. The Hall–Kier alpha value is -3.77. The van der Waals surface area contributed by atoms with Crippen molar-refractivity contribution < 1.29 is 19.4 Å². The van der Waals surface area contributed by atoms with Gasteiger partial charge >= 0.3 is 0 Å². The summed E-state index contributed by atoms with van der Waals surface area (Å²) in [4.78, 5) is 30.8. The Morgan fingerprint density at radius 1 is 1.05 bits per heavy atom. The third kappa shape index (κ3) is 5.26. The molecule has 1 amide bonds. The van der Waals surface area contributed by atoms with Crippen LogP contribution in [0, 0.1) is 6.92 Å². The summed E-state index contributed by atoms with van der Waals surface area (Å²) in [5.74, 6) is -0.845. The van der Waals surface area contributed by atoms with E-state index in [-0.39, 0.29) is 17.3 Å². The molecule has 1 aliphatic heterocycles. The lowest BCUT2D eigenvalue weighted by Gasteiger charge is -2.27. The number of methoxy groups -OCH3 is 1. The van der Waals surface area contributed by atoms with Crippen LogP contribution in [0.25, 0.3) is 5.76 Å². The highest BCUT2D eigenvalue weighted by Crippen LogP contribution is 2.44. The molecule has 0 radical (unpaired) electrons. The van der Waals surface area contributed by atoms with E-state index in [1.54, 1.807) is 31.4 Å². The van der Waals surface area contributed by atoms with Gasteiger partial charge in [0.05, 0.1) is 18.7 Å². The number of Topliss-reactive ketones (excluding diaryl/α,β-unsaturated/α-hetero) is 1. The van der Waals surface area contributed by atoms with Gasteiger partial charge in [-0.05, 0) is 85.8 Å². The molecule has 0 bridgehead atoms. The molecule has 4 rings (SSSR count). The van der Waals surface area contributed by atoms with E-state index in [1.165, 1.54) is 4.90 Å². The van der Waals surface area contributed by atoms with Gasteiger partial charge in [0.15, 0.2) is 0 Å². The summed E-state index contributed by atoms with van der Waals surface area (Å²) in [5.41, 5.74) is 4.40. The Kier molecular flexibility index (Phi) is 8.36. The highest BCUT2D eigenvalue weighted by Gasteiger charge is 2.47. The van der Waals surface area contributed by atoms with Gasteiger partial charge in [-0.3, -0.25) is 14.5 Å². The minimum atomic E-state index is -0.835. The van der Waals surface area contributed by atoms with Crippen molar-refractivity contribution in [3.63, 3.8) is 0 Å². The molecule has 3 aromatic carbocycles. The predicted octanol–water partition coefficient (Wildman–Crippen LogP) is 7.25. The molecule has 0 aromatic heterocycles. The van der Waals surface area contributed by atoms with Gasteiger partial charge in [-0.2, -0.15) is 0 Å². The third-order valence-electron chi connectivity index (χ3n) is 7.32. The average molecular weight is 547 g/mol. The normalized spacial score (nSPS) is 16.7. The third-order valence-corrected chi connectivity index (χ3v) is 7.56.